The summed E-state index contributed by atoms with van der Waals surface area (Å²) in [6, 6.07) is 1.97. The molecule has 17 heavy (non-hydrogen) atoms. The monoisotopic (exact) mass is 239 g/mol. The van der Waals surface area contributed by atoms with Crippen molar-refractivity contribution in [3.8, 4) is 0 Å². The predicted octanol–water partition coefficient (Wildman–Crippen LogP) is 3.36. The fourth-order valence-corrected chi connectivity index (χ4v) is 1.68. The molecule has 98 valence electrons. The zero-order valence-corrected chi connectivity index (χ0v) is 10.9. The molecular formula is C14H25NO2. The maximum absolute atomic E-state index is 5.55. The SMILES string of the molecule is CCCCCCCOCCNCc1ccoc1. The van der Waals surface area contributed by atoms with Gasteiger partial charge in [-0.25, -0.2) is 0 Å². The van der Waals surface area contributed by atoms with Crippen LogP contribution in [0.3, 0.4) is 0 Å². The highest BCUT2D eigenvalue weighted by molar-refractivity contribution is 5.04. The first kappa shape index (κ1) is 14.3. The van der Waals surface area contributed by atoms with Gasteiger partial charge in [-0.05, 0) is 12.5 Å². The molecule has 1 aromatic heterocycles. The number of nitrogens with one attached hydrogen (secondary N) is 1. The predicted molar refractivity (Wildman–Crippen MR) is 70.0 cm³/mol. The van der Waals surface area contributed by atoms with E-state index in [1.165, 1.54) is 37.7 Å². The van der Waals surface area contributed by atoms with Gasteiger partial charge in [-0.15, -0.1) is 0 Å². The van der Waals surface area contributed by atoms with Gasteiger partial charge in [0.25, 0.3) is 0 Å². The van der Waals surface area contributed by atoms with Crippen LogP contribution in [-0.2, 0) is 11.3 Å². The van der Waals surface area contributed by atoms with E-state index in [4.69, 9.17) is 9.15 Å². The number of hydrogen-bond donors (Lipinski definition) is 1. The Morgan fingerprint density at radius 1 is 1.18 bits per heavy atom. The first-order valence-corrected chi connectivity index (χ1v) is 6.73. The van der Waals surface area contributed by atoms with Gasteiger partial charge in [-0.3, -0.25) is 0 Å². The Morgan fingerprint density at radius 2 is 2.06 bits per heavy atom. The third-order valence-electron chi connectivity index (χ3n) is 2.72. The number of hydrogen-bond acceptors (Lipinski definition) is 3. The molecule has 0 spiro atoms. The zero-order valence-electron chi connectivity index (χ0n) is 10.9. The molecule has 0 atom stereocenters. The summed E-state index contributed by atoms with van der Waals surface area (Å²) in [4.78, 5) is 0. The number of rotatable bonds is 11. The topological polar surface area (TPSA) is 34.4 Å². The van der Waals surface area contributed by atoms with Gasteiger partial charge >= 0.3 is 0 Å². The Morgan fingerprint density at radius 3 is 2.82 bits per heavy atom. The summed E-state index contributed by atoms with van der Waals surface area (Å²) in [7, 11) is 0. The number of furan rings is 1. The van der Waals surface area contributed by atoms with Crippen LogP contribution in [0.15, 0.2) is 23.0 Å². The van der Waals surface area contributed by atoms with Crippen molar-refractivity contribution in [2.75, 3.05) is 19.8 Å². The lowest BCUT2D eigenvalue weighted by Gasteiger charge is -2.05. The van der Waals surface area contributed by atoms with Gasteiger partial charge in [-0.1, -0.05) is 32.6 Å². The minimum absolute atomic E-state index is 0.797. The van der Waals surface area contributed by atoms with Crippen molar-refractivity contribution in [3.05, 3.63) is 24.2 Å². The Balaban J connectivity index is 1.76. The highest BCUT2D eigenvalue weighted by Crippen LogP contribution is 2.02. The summed E-state index contributed by atoms with van der Waals surface area (Å²) in [6.07, 6.45) is 9.97. The Hall–Kier alpha value is -0.800. The van der Waals surface area contributed by atoms with Crippen molar-refractivity contribution in [2.45, 2.75) is 45.6 Å². The average Bonchev–Trinajstić information content (AvgIpc) is 2.85. The second-order valence-electron chi connectivity index (χ2n) is 4.33. The first-order chi connectivity index (χ1) is 8.43. The molecule has 3 nitrogen and oxygen atoms in total. The lowest BCUT2D eigenvalue weighted by atomic mass is 10.2. The van der Waals surface area contributed by atoms with Crippen LogP contribution in [0.2, 0.25) is 0 Å². The van der Waals surface area contributed by atoms with E-state index in [1.54, 1.807) is 12.5 Å². The van der Waals surface area contributed by atoms with Crippen molar-refractivity contribution in [2.24, 2.45) is 0 Å². The molecule has 1 aromatic rings. The van der Waals surface area contributed by atoms with Gasteiger partial charge in [0.1, 0.15) is 0 Å². The molecule has 0 saturated heterocycles. The van der Waals surface area contributed by atoms with E-state index in [0.29, 0.717) is 0 Å². The van der Waals surface area contributed by atoms with Crippen LogP contribution in [-0.4, -0.2) is 19.8 Å². The molecule has 3 heteroatoms. The zero-order chi connectivity index (χ0) is 12.2. The maximum Gasteiger partial charge on any atom is 0.0947 e. The molecule has 1 rings (SSSR count). The molecule has 0 aromatic carbocycles. The smallest absolute Gasteiger partial charge is 0.0947 e. The van der Waals surface area contributed by atoms with E-state index < -0.39 is 0 Å². The molecule has 0 bridgehead atoms. The summed E-state index contributed by atoms with van der Waals surface area (Å²) in [5.74, 6) is 0. The average molecular weight is 239 g/mol. The second-order valence-corrected chi connectivity index (χ2v) is 4.33. The van der Waals surface area contributed by atoms with Gasteiger partial charge in [0.05, 0.1) is 19.1 Å². The minimum atomic E-state index is 0.797. The molecule has 0 aliphatic rings. The summed E-state index contributed by atoms with van der Waals surface area (Å²) in [6.45, 7) is 5.70. The van der Waals surface area contributed by atoms with E-state index in [2.05, 4.69) is 12.2 Å². The van der Waals surface area contributed by atoms with Crippen LogP contribution < -0.4 is 5.32 Å². The highest BCUT2D eigenvalue weighted by Gasteiger charge is 1.93. The molecule has 0 radical (unpaired) electrons. The van der Waals surface area contributed by atoms with Gasteiger partial charge in [0.15, 0.2) is 0 Å². The van der Waals surface area contributed by atoms with Gasteiger partial charge in [0.2, 0.25) is 0 Å². The normalized spacial score (nSPS) is 10.9. The molecular weight excluding hydrogens is 214 g/mol. The number of unbranched alkanes of at least 4 members (excludes halogenated alkanes) is 4. The summed E-state index contributed by atoms with van der Waals surface area (Å²) < 4.78 is 10.5. The molecule has 0 unspecified atom stereocenters. The summed E-state index contributed by atoms with van der Waals surface area (Å²) >= 11 is 0. The van der Waals surface area contributed by atoms with Crippen molar-refractivity contribution < 1.29 is 9.15 Å². The molecule has 1 heterocycles. The number of ether oxygens (including phenoxy) is 1. The van der Waals surface area contributed by atoms with E-state index in [0.717, 1.165) is 26.3 Å². The van der Waals surface area contributed by atoms with E-state index in [-0.39, 0.29) is 0 Å². The molecule has 0 aliphatic carbocycles. The van der Waals surface area contributed by atoms with E-state index in [1.807, 2.05) is 6.07 Å². The van der Waals surface area contributed by atoms with Crippen molar-refractivity contribution in [3.63, 3.8) is 0 Å². The van der Waals surface area contributed by atoms with Crippen LogP contribution in [0.1, 0.15) is 44.6 Å². The first-order valence-electron chi connectivity index (χ1n) is 6.73. The third-order valence-corrected chi connectivity index (χ3v) is 2.72. The largest absolute Gasteiger partial charge is 0.472 e. The Kier molecular flexibility index (Phi) is 8.69. The fraction of sp³-hybridized carbons (Fsp3) is 0.714. The van der Waals surface area contributed by atoms with Crippen molar-refractivity contribution in [1.29, 1.82) is 0 Å². The van der Waals surface area contributed by atoms with Gasteiger partial charge in [-0.2, -0.15) is 0 Å². The van der Waals surface area contributed by atoms with Crippen LogP contribution in [0.4, 0.5) is 0 Å². The van der Waals surface area contributed by atoms with E-state index >= 15 is 0 Å². The lowest BCUT2D eigenvalue weighted by molar-refractivity contribution is 0.131. The summed E-state index contributed by atoms with van der Waals surface area (Å²) in [5, 5.41) is 3.31. The molecule has 1 N–H and O–H groups in total. The van der Waals surface area contributed by atoms with Crippen LogP contribution in [0.25, 0.3) is 0 Å². The standard InChI is InChI=1S/C14H25NO2/c1-2-3-4-5-6-9-16-11-8-15-12-14-7-10-17-13-14/h7,10,13,15H,2-6,8-9,11-12H2,1H3. The quantitative estimate of drug-likeness (QED) is 0.601. The Bertz CT molecular complexity index is 247. The molecule has 0 saturated carbocycles. The van der Waals surface area contributed by atoms with Crippen LogP contribution >= 0.6 is 0 Å². The van der Waals surface area contributed by atoms with Gasteiger partial charge in [0, 0.05) is 25.3 Å². The highest BCUT2D eigenvalue weighted by atomic mass is 16.5. The Labute approximate surface area is 105 Å². The van der Waals surface area contributed by atoms with E-state index in [9.17, 15) is 0 Å². The summed E-state index contributed by atoms with van der Waals surface area (Å²) in [5.41, 5.74) is 1.18. The van der Waals surface area contributed by atoms with Crippen LogP contribution in [0, 0.1) is 0 Å². The van der Waals surface area contributed by atoms with Crippen molar-refractivity contribution >= 4 is 0 Å². The minimum Gasteiger partial charge on any atom is -0.472 e. The maximum atomic E-state index is 5.55. The van der Waals surface area contributed by atoms with Crippen LogP contribution in [0.5, 0.6) is 0 Å². The lowest BCUT2D eigenvalue weighted by Crippen LogP contribution is -2.19. The van der Waals surface area contributed by atoms with Crippen molar-refractivity contribution in [1.82, 2.24) is 5.32 Å². The molecule has 0 fully saturated rings. The third kappa shape index (κ3) is 8.00. The molecule has 0 aliphatic heterocycles. The fourth-order valence-electron chi connectivity index (χ4n) is 1.68. The van der Waals surface area contributed by atoms with Gasteiger partial charge < -0.3 is 14.5 Å². The second kappa shape index (κ2) is 10.4. The molecule has 0 amide bonds.